The van der Waals surface area contributed by atoms with E-state index in [0.29, 0.717) is 24.3 Å². The van der Waals surface area contributed by atoms with Crippen molar-refractivity contribution in [3.63, 3.8) is 0 Å². The van der Waals surface area contributed by atoms with Gasteiger partial charge in [0, 0.05) is 58.3 Å². The summed E-state index contributed by atoms with van der Waals surface area (Å²) >= 11 is 0. The molecule has 2 unspecified atom stereocenters. The summed E-state index contributed by atoms with van der Waals surface area (Å²) in [5.41, 5.74) is 0. The number of nitrogens with one attached hydrogen (secondary N) is 1. The van der Waals surface area contributed by atoms with Crippen molar-refractivity contribution in [3.05, 3.63) is 0 Å². The van der Waals surface area contributed by atoms with E-state index in [0.717, 1.165) is 45.8 Å². The molecular formula is C14H29ClN4O. The summed E-state index contributed by atoms with van der Waals surface area (Å²) in [4.78, 5) is 18.9. The lowest BCUT2D eigenvalue weighted by Crippen LogP contribution is -2.47. The first kappa shape index (κ1) is 17.7. The van der Waals surface area contributed by atoms with Crippen LogP contribution in [0, 0.1) is 5.92 Å². The van der Waals surface area contributed by atoms with E-state index in [9.17, 15) is 4.79 Å². The zero-order chi connectivity index (χ0) is 13.8. The topological polar surface area (TPSA) is 38.8 Å². The number of rotatable bonds is 4. The minimum absolute atomic E-state index is 0. The molecule has 6 heteroatoms. The number of carbonyl (C=O) groups is 1. The molecule has 2 rings (SSSR count). The van der Waals surface area contributed by atoms with Gasteiger partial charge in [-0.1, -0.05) is 6.92 Å². The second-order valence-corrected chi connectivity index (χ2v) is 6.15. The largest absolute Gasteiger partial charge is 0.340 e. The van der Waals surface area contributed by atoms with E-state index in [4.69, 9.17) is 0 Å². The van der Waals surface area contributed by atoms with Gasteiger partial charge in [0.1, 0.15) is 0 Å². The van der Waals surface area contributed by atoms with Crippen LogP contribution in [0.5, 0.6) is 0 Å². The molecule has 0 aromatic rings. The van der Waals surface area contributed by atoms with Crippen LogP contribution < -0.4 is 5.32 Å². The second kappa shape index (κ2) is 8.17. The summed E-state index contributed by atoms with van der Waals surface area (Å²) in [6.07, 6.45) is 0.673. The van der Waals surface area contributed by atoms with Gasteiger partial charge in [-0.05, 0) is 20.0 Å². The van der Waals surface area contributed by atoms with Gasteiger partial charge in [0.05, 0.1) is 0 Å². The second-order valence-electron chi connectivity index (χ2n) is 6.15. The predicted molar refractivity (Wildman–Crippen MR) is 84.4 cm³/mol. The van der Waals surface area contributed by atoms with Gasteiger partial charge in [-0.2, -0.15) is 0 Å². The van der Waals surface area contributed by atoms with E-state index in [1.165, 1.54) is 0 Å². The Morgan fingerprint density at radius 3 is 2.45 bits per heavy atom. The van der Waals surface area contributed by atoms with Crippen LogP contribution in [0.25, 0.3) is 0 Å². The molecule has 2 aliphatic heterocycles. The standard InChI is InChI=1S/C14H28N4O.ClH/c1-12-10-17(11-13(12)16(2)3)7-4-14(19)18-8-5-15-6-9-18;/h12-13,15H,4-11H2,1-3H3;1H. The fourth-order valence-electron chi connectivity index (χ4n) is 3.23. The highest BCUT2D eigenvalue weighted by molar-refractivity contribution is 5.85. The number of piperazine rings is 1. The van der Waals surface area contributed by atoms with Crippen LogP contribution >= 0.6 is 12.4 Å². The molecule has 0 aromatic carbocycles. The van der Waals surface area contributed by atoms with E-state index >= 15 is 0 Å². The highest BCUT2D eigenvalue weighted by atomic mass is 35.5. The van der Waals surface area contributed by atoms with Gasteiger partial charge in [-0.15, -0.1) is 12.4 Å². The van der Waals surface area contributed by atoms with Gasteiger partial charge < -0.3 is 20.0 Å². The Hall–Kier alpha value is -0.360. The molecule has 2 saturated heterocycles. The smallest absolute Gasteiger partial charge is 0.223 e. The molecule has 0 aromatic heterocycles. The Morgan fingerprint density at radius 2 is 1.90 bits per heavy atom. The molecule has 20 heavy (non-hydrogen) atoms. The maximum Gasteiger partial charge on any atom is 0.223 e. The van der Waals surface area contributed by atoms with E-state index in [1.54, 1.807) is 0 Å². The van der Waals surface area contributed by atoms with Crippen molar-refractivity contribution in [2.24, 2.45) is 5.92 Å². The number of likely N-dealkylation sites (N-methyl/N-ethyl adjacent to an activating group) is 1. The van der Waals surface area contributed by atoms with Crippen molar-refractivity contribution in [2.45, 2.75) is 19.4 Å². The van der Waals surface area contributed by atoms with Gasteiger partial charge in [0.2, 0.25) is 5.91 Å². The molecule has 2 heterocycles. The zero-order valence-electron chi connectivity index (χ0n) is 13.0. The highest BCUT2D eigenvalue weighted by Crippen LogP contribution is 2.20. The maximum absolute atomic E-state index is 12.1. The fraction of sp³-hybridized carbons (Fsp3) is 0.929. The number of halogens is 1. The zero-order valence-corrected chi connectivity index (χ0v) is 13.8. The lowest BCUT2D eigenvalue weighted by molar-refractivity contribution is -0.132. The Labute approximate surface area is 129 Å². The third-order valence-electron chi connectivity index (χ3n) is 4.42. The SMILES string of the molecule is CC1CN(CCC(=O)N2CCNCC2)CC1N(C)C.Cl. The van der Waals surface area contributed by atoms with Gasteiger partial charge in [-0.3, -0.25) is 4.79 Å². The molecule has 2 fully saturated rings. The molecule has 1 N–H and O–H groups in total. The van der Waals surface area contributed by atoms with Crippen molar-refractivity contribution in [3.8, 4) is 0 Å². The Bertz CT molecular complexity index is 308. The van der Waals surface area contributed by atoms with Crippen LogP contribution in [-0.4, -0.2) is 86.6 Å². The van der Waals surface area contributed by atoms with Gasteiger partial charge in [0.15, 0.2) is 0 Å². The van der Waals surface area contributed by atoms with Crippen LogP contribution in [-0.2, 0) is 4.79 Å². The third kappa shape index (κ3) is 4.58. The van der Waals surface area contributed by atoms with Crippen molar-refractivity contribution in [1.29, 1.82) is 0 Å². The van der Waals surface area contributed by atoms with Crippen LogP contribution in [0.1, 0.15) is 13.3 Å². The Morgan fingerprint density at radius 1 is 1.25 bits per heavy atom. The number of hydrogen-bond acceptors (Lipinski definition) is 4. The summed E-state index contributed by atoms with van der Waals surface area (Å²) in [5.74, 6) is 1.02. The molecule has 1 amide bonds. The van der Waals surface area contributed by atoms with E-state index in [1.807, 2.05) is 4.90 Å². The lowest BCUT2D eigenvalue weighted by Gasteiger charge is -2.28. The monoisotopic (exact) mass is 304 g/mol. The Balaban J connectivity index is 0.00000200. The molecular weight excluding hydrogens is 276 g/mol. The Kier molecular flexibility index (Phi) is 7.23. The molecule has 0 saturated carbocycles. The average Bonchev–Trinajstić information content (AvgIpc) is 2.78. The normalized spacial score (nSPS) is 27.7. The minimum atomic E-state index is 0. The van der Waals surface area contributed by atoms with Crippen LogP contribution in [0.2, 0.25) is 0 Å². The van der Waals surface area contributed by atoms with E-state index in [-0.39, 0.29) is 12.4 Å². The van der Waals surface area contributed by atoms with Crippen molar-refractivity contribution >= 4 is 18.3 Å². The van der Waals surface area contributed by atoms with Crippen molar-refractivity contribution in [1.82, 2.24) is 20.0 Å². The number of hydrogen-bond donors (Lipinski definition) is 1. The van der Waals surface area contributed by atoms with Crippen LogP contribution in [0.15, 0.2) is 0 Å². The first-order chi connectivity index (χ1) is 9.08. The number of amides is 1. The maximum atomic E-state index is 12.1. The van der Waals surface area contributed by atoms with Crippen molar-refractivity contribution < 1.29 is 4.79 Å². The fourth-order valence-corrected chi connectivity index (χ4v) is 3.23. The summed E-state index contributed by atoms with van der Waals surface area (Å²) in [7, 11) is 4.30. The molecule has 0 spiro atoms. The first-order valence-corrected chi connectivity index (χ1v) is 7.45. The van der Waals surface area contributed by atoms with Gasteiger partial charge in [0.25, 0.3) is 0 Å². The van der Waals surface area contributed by atoms with Crippen molar-refractivity contribution in [2.75, 3.05) is 59.9 Å². The lowest BCUT2D eigenvalue weighted by atomic mass is 10.1. The molecule has 118 valence electrons. The summed E-state index contributed by atoms with van der Waals surface area (Å²) in [5, 5.41) is 3.28. The summed E-state index contributed by atoms with van der Waals surface area (Å²) < 4.78 is 0. The number of carbonyl (C=O) groups excluding carboxylic acids is 1. The summed E-state index contributed by atoms with van der Waals surface area (Å²) in [6, 6.07) is 0.634. The first-order valence-electron chi connectivity index (χ1n) is 7.45. The van der Waals surface area contributed by atoms with Gasteiger partial charge >= 0.3 is 0 Å². The van der Waals surface area contributed by atoms with E-state index < -0.39 is 0 Å². The number of likely N-dealkylation sites (tertiary alicyclic amines) is 1. The number of nitrogens with zero attached hydrogens (tertiary/aromatic N) is 3. The highest BCUT2D eigenvalue weighted by Gasteiger charge is 2.31. The molecule has 0 bridgehead atoms. The quantitative estimate of drug-likeness (QED) is 0.800. The van der Waals surface area contributed by atoms with Crippen LogP contribution in [0.4, 0.5) is 0 Å². The summed E-state index contributed by atoms with van der Waals surface area (Å²) in [6.45, 7) is 9.07. The predicted octanol–water partition coefficient (Wildman–Crippen LogP) is 0.112. The third-order valence-corrected chi connectivity index (χ3v) is 4.42. The molecule has 0 radical (unpaired) electrons. The molecule has 2 atom stereocenters. The molecule has 5 nitrogen and oxygen atoms in total. The minimum Gasteiger partial charge on any atom is -0.340 e. The van der Waals surface area contributed by atoms with Crippen LogP contribution in [0.3, 0.4) is 0 Å². The van der Waals surface area contributed by atoms with Gasteiger partial charge in [-0.25, -0.2) is 0 Å². The molecule has 2 aliphatic rings. The molecule has 0 aliphatic carbocycles. The van der Waals surface area contributed by atoms with E-state index in [2.05, 4.69) is 36.1 Å². The average molecular weight is 305 g/mol.